The Balaban J connectivity index is 1.62. The highest BCUT2D eigenvalue weighted by molar-refractivity contribution is 7.80. The predicted octanol–water partition coefficient (Wildman–Crippen LogP) is 2.32. The fraction of sp³-hybridized carbons (Fsp3) is 0.538. The molecular weight excluding hydrogens is 729 g/mol. The molecule has 0 radical (unpaired) electrons. The van der Waals surface area contributed by atoms with Gasteiger partial charge in [0.05, 0.1) is 25.7 Å². The minimum Gasteiger partial charge on any atom is -0.494 e. The van der Waals surface area contributed by atoms with Gasteiger partial charge in [-0.05, 0) is 75.6 Å². The van der Waals surface area contributed by atoms with E-state index in [1.54, 1.807) is 47.4 Å². The van der Waals surface area contributed by atoms with Crippen molar-refractivity contribution in [2.45, 2.75) is 89.4 Å². The Morgan fingerprint density at radius 1 is 0.964 bits per heavy atom. The molecule has 2 aromatic carbocycles. The van der Waals surface area contributed by atoms with Crippen LogP contribution < -0.4 is 27.3 Å². The Morgan fingerprint density at radius 2 is 1.62 bits per heavy atom. The van der Waals surface area contributed by atoms with Crippen LogP contribution in [0.15, 0.2) is 48.5 Å². The highest BCUT2D eigenvalue weighted by Crippen LogP contribution is 2.24. The summed E-state index contributed by atoms with van der Waals surface area (Å²) in [6, 6.07) is 8.76. The van der Waals surface area contributed by atoms with E-state index < -0.39 is 59.7 Å². The molecule has 3 atom stereocenters. The summed E-state index contributed by atoms with van der Waals surface area (Å²) in [6.07, 6.45) is 4.02. The summed E-state index contributed by atoms with van der Waals surface area (Å²) >= 11 is 4.06. The van der Waals surface area contributed by atoms with Crippen LogP contribution in [-0.4, -0.2) is 113 Å². The lowest BCUT2D eigenvalue weighted by Crippen LogP contribution is -2.60. The van der Waals surface area contributed by atoms with E-state index in [2.05, 4.69) is 17.9 Å². The Kier molecular flexibility index (Phi) is 17.6. The van der Waals surface area contributed by atoms with Gasteiger partial charge in [0.2, 0.25) is 17.7 Å². The molecule has 16 heteroatoms. The fourth-order valence-corrected chi connectivity index (χ4v) is 6.43. The highest BCUT2D eigenvalue weighted by atomic mass is 32.1. The van der Waals surface area contributed by atoms with Gasteiger partial charge in [-0.2, -0.15) is 12.6 Å². The first-order valence-corrected chi connectivity index (χ1v) is 19.2. The second kappa shape index (κ2) is 21.5. The van der Waals surface area contributed by atoms with Crippen molar-refractivity contribution in [1.29, 1.82) is 0 Å². The van der Waals surface area contributed by atoms with Gasteiger partial charge in [-0.3, -0.25) is 24.1 Å². The number of nitrogens with one attached hydrogen (secondary N) is 1. The number of Topliss-reactive ketones (excluding diaryl/α,β-unsaturated/α-hetero) is 1. The molecule has 0 aliphatic carbocycles. The summed E-state index contributed by atoms with van der Waals surface area (Å²) in [5.74, 6) is -3.61. The number of rotatable bonds is 19. The number of carboxylic acid groups (broad SMARTS) is 1. The summed E-state index contributed by atoms with van der Waals surface area (Å²) in [4.78, 5) is 80.1. The average Bonchev–Trinajstić information content (AvgIpc) is 3.16. The van der Waals surface area contributed by atoms with Gasteiger partial charge in [0.15, 0.2) is 5.78 Å². The van der Waals surface area contributed by atoms with Crippen molar-refractivity contribution < 1.29 is 43.3 Å². The van der Waals surface area contributed by atoms with E-state index in [-0.39, 0.29) is 36.8 Å². The first kappa shape index (κ1) is 44.9. The molecular formula is C39H56N6O9S. The standard InChI is InChI=1S/C39H56N6O9S/c1-39(2,3)54-38(52)44-17-15-25(16-18-44)8-6-7-19-53-28-13-11-26(12-14-28)20-31(37(50)51)43-35(48)32(45(34(47)23-41)36(49)30(42)24-55)21-27-9-4-5-10-29(27)33(46)22-40/h4-5,9-14,25,30-32,55H,6-8,15-24,40-42H2,1-3H3,(H,43,48)(H,50,51). The van der Waals surface area contributed by atoms with E-state index in [4.69, 9.17) is 26.7 Å². The summed E-state index contributed by atoms with van der Waals surface area (Å²) in [6.45, 7) is 6.50. The van der Waals surface area contributed by atoms with Gasteiger partial charge in [-0.25, -0.2) is 9.59 Å². The number of hydrogen-bond donors (Lipinski definition) is 6. The fourth-order valence-electron chi connectivity index (χ4n) is 6.28. The van der Waals surface area contributed by atoms with Crippen LogP contribution in [0.2, 0.25) is 0 Å². The summed E-state index contributed by atoms with van der Waals surface area (Å²) < 4.78 is 11.4. The van der Waals surface area contributed by atoms with Gasteiger partial charge in [-0.1, -0.05) is 42.8 Å². The van der Waals surface area contributed by atoms with Crippen LogP contribution in [0.3, 0.4) is 0 Å². The molecule has 1 aliphatic heterocycles. The highest BCUT2D eigenvalue weighted by Gasteiger charge is 2.38. The van der Waals surface area contributed by atoms with E-state index in [1.807, 2.05) is 20.8 Å². The number of carbonyl (C=O) groups is 6. The molecule has 0 aromatic heterocycles. The second-order valence-electron chi connectivity index (χ2n) is 14.6. The number of piperidine rings is 1. The number of carboxylic acids is 1. The predicted molar refractivity (Wildman–Crippen MR) is 210 cm³/mol. The number of ether oxygens (including phenoxy) is 2. The summed E-state index contributed by atoms with van der Waals surface area (Å²) in [7, 11) is 0. The maximum Gasteiger partial charge on any atom is 0.410 e. The van der Waals surface area contributed by atoms with Gasteiger partial charge < -0.3 is 42.0 Å². The topological polar surface area (TPSA) is 238 Å². The molecule has 8 N–H and O–H groups in total. The van der Waals surface area contributed by atoms with Crippen LogP contribution in [0.4, 0.5) is 4.79 Å². The molecule has 3 unspecified atom stereocenters. The monoisotopic (exact) mass is 784 g/mol. The molecule has 1 heterocycles. The number of nitrogens with two attached hydrogens (primary N) is 3. The van der Waals surface area contributed by atoms with Crippen molar-refractivity contribution in [2.24, 2.45) is 23.1 Å². The van der Waals surface area contributed by atoms with Crippen LogP contribution in [0.1, 0.15) is 74.4 Å². The largest absolute Gasteiger partial charge is 0.494 e. The number of carbonyl (C=O) groups excluding carboxylic acids is 5. The molecule has 55 heavy (non-hydrogen) atoms. The zero-order valence-electron chi connectivity index (χ0n) is 31.9. The van der Waals surface area contributed by atoms with Gasteiger partial charge >= 0.3 is 12.1 Å². The zero-order chi connectivity index (χ0) is 40.7. The average molecular weight is 785 g/mol. The molecule has 2 aromatic rings. The zero-order valence-corrected chi connectivity index (χ0v) is 32.8. The van der Waals surface area contributed by atoms with Crippen LogP contribution in [0, 0.1) is 5.92 Å². The normalized spacial score (nSPS) is 15.0. The third-order valence-corrected chi connectivity index (χ3v) is 9.64. The van der Waals surface area contributed by atoms with E-state index in [1.165, 1.54) is 6.07 Å². The molecule has 1 fully saturated rings. The van der Waals surface area contributed by atoms with Crippen molar-refractivity contribution in [3.05, 3.63) is 65.2 Å². The van der Waals surface area contributed by atoms with E-state index >= 15 is 0 Å². The summed E-state index contributed by atoms with van der Waals surface area (Å²) in [5, 5.41) is 12.6. The van der Waals surface area contributed by atoms with Crippen molar-refractivity contribution in [1.82, 2.24) is 15.1 Å². The number of imide groups is 1. The van der Waals surface area contributed by atoms with Crippen molar-refractivity contribution in [2.75, 3.05) is 38.5 Å². The first-order chi connectivity index (χ1) is 26.1. The third kappa shape index (κ3) is 13.9. The third-order valence-electron chi connectivity index (χ3n) is 9.24. The van der Waals surface area contributed by atoms with Crippen LogP contribution in [-0.2, 0) is 36.8 Å². The lowest BCUT2D eigenvalue weighted by molar-refractivity contribution is -0.152. The lowest BCUT2D eigenvalue weighted by Gasteiger charge is -2.33. The maximum absolute atomic E-state index is 13.9. The number of amides is 4. The lowest BCUT2D eigenvalue weighted by atomic mass is 9.92. The van der Waals surface area contributed by atoms with Crippen molar-refractivity contribution in [3.63, 3.8) is 0 Å². The van der Waals surface area contributed by atoms with Crippen molar-refractivity contribution in [3.8, 4) is 5.75 Å². The minimum absolute atomic E-state index is 0.127. The number of ketones is 1. The quantitative estimate of drug-likeness (QED) is 0.0684. The Labute approximate surface area is 328 Å². The Morgan fingerprint density at radius 3 is 2.20 bits per heavy atom. The number of benzene rings is 2. The molecule has 1 aliphatic rings. The van der Waals surface area contributed by atoms with E-state index in [0.29, 0.717) is 47.4 Å². The van der Waals surface area contributed by atoms with E-state index in [0.717, 1.165) is 32.1 Å². The number of hydrogen-bond acceptors (Lipinski definition) is 12. The minimum atomic E-state index is -1.61. The van der Waals surface area contributed by atoms with Crippen LogP contribution >= 0.6 is 12.6 Å². The molecule has 4 amide bonds. The van der Waals surface area contributed by atoms with Gasteiger partial charge in [0, 0.05) is 37.2 Å². The molecule has 0 bridgehead atoms. The number of aliphatic carboxylic acids is 1. The molecule has 1 saturated heterocycles. The van der Waals surface area contributed by atoms with Gasteiger partial charge in [0.25, 0.3) is 0 Å². The number of likely N-dealkylation sites (tertiary alicyclic amines) is 1. The number of nitrogens with zero attached hydrogens (tertiary/aromatic N) is 2. The molecule has 302 valence electrons. The second-order valence-corrected chi connectivity index (χ2v) is 15.0. The number of unbranched alkanes of at least 4 members (excludes halogenated alkanes) is 1. The molecule has 3 rings (SSSR count). The number of thiol groups is 1. The van der Waals surface area contributed by atoms with Crippen LogP contribution in [0.25, 0.3) is 0 Å². The first-order valence-electron chi connectivity index (χ1n) is 18.5. The molecule has 0 spiro atoms. The van der Waals surface area contributed by atoms with E-state index in [9.17, 15) is 33.9 Å². The Bertz CT molecular complexity index is 1630. The smallest absolute Gasteiger partial charge is 0.410 e. The maximum atomic E-state index is 13.9. The molecule has 0 saturated carbocycles. The van der Waals surface area contributed by atoms with Crippen molar-refractivity contribution >= 4 is 48.2 Å². The molecule has 15 nitrogen and oxygen atoms in total. The Hall–Kier alpha value is -4.51. The van der Waals surface area contributed by atoms with Gasteiger partial charge in [-0.15, -0.1) is 0 Å². The van der Waals surface area contributed by atoms with Gasteiger partial charge in [0.1, 0.15) is 23.4 Å². The SMILES string of the molecule is CC(C)(C)OC(=O)N1CCC(CCCCOc2ccc(CC(NC(=O)C(Cc3ccccc3C(=O)CN)N(C(=O)CN)C(=O)C(N)CS)C(=O)O)cc2)CC1. The van der Waals surface area contributed by atoms with Crippen LogP contribution in [0.5, 0.6) is 5.75 Å². The summed E-state index contributed by atoms with van der Waals surface area (Å²) in [5.41, 5.74) is 17.7.